The number of aromatic nitrogens is 1. The molecule has 1 aromatic heterocycles. The molecule has 8 heteroatoms. The van der Waals surface area contributed by atoms with Crippen LogP contribution in [0.15, 0.2) is 30.5 Å². The van der Waals surface area contributed by atoms with Crippen molar-refractivity contribution >= 4 is 28.6 Å². The third-order valence-corrected chi connectivity index (χ3v) is 6.04. The normalized spacial score (nSPS) is 19.9. The second-order valence-corrected chi connectivity index (χ2v) is 9.57. The van der Waals surface area contributed by atoms with Gasteiger partial charge < -0.3 is 19.4 Å². The molecule has 2 saturated heterocycles. The number of benzene rings is 1. The van der Waals surface area contributed by atoms with Gasteiger partial charge in [-0.3, -0.25) is 9.78 Å². The van der Waals surface area contributed by atoms with E-state index in [-0.39, 0.29) is 23.7 Å². The minimum absolute atomic E-state index is 0.111. The van der Waals surface area contributed by atoms with Crippen LogP contribution < -0.4 is 4.90 Å². The number of anilines is 1. The summed E-state index contributed by atoms with van der Waals surface area (Å²) < 4.78 is 19.0. The number of hydrogen-bond donors (Lipinski definition) is 0. The first kappa shape index (κ1) is 22.3. The van der Waals surface area contributed by atoms with E-state index in [0.29, 0.717) is 44.8 Å². The molecule has 0 bridgehead atoms. The molecule has 32 heavy (non-hydrogen) atoms. The number of carbonyl (C=O) groups excluding carboxylic acids is 2. The molecule has 2 aromatic rings. The molecule has 2 aliphatic rings. The third-order valence-electron chi connectivity index (χ3n) is 6.04. The third kappa shape index (κ3) is 4.95. The number of pyridine rings is 1. The summed E-state index contributed by atoms with van der Waals surface area (Å²) in [4.78, 5) is 35.7. The van der Waals surface area contributed by atoms with Crippen LogP contribution in [0.1, 0.15) is 33.6 Å². The molecular formula is C24H31FN4O3. The number of nitrogens with zero attached hydrogens (tertiary/aromatic N) is 4. The number of piperazine rings is 1. The standard InChI is InChI=1S/C24H31FN4O3/c1-24(2,3)32-23(31)29-10-4-5-17(16-29)22(30)28-13-11-27(12-14-28)21-8-9-26-20-15-18(25)6-7-19(20)21/h6-9,15,17H,4-5,10-14,16H2,1-3H3/t17-/m0/s1. The predicted molar refractivity (Wildman–Crippen MR) is 121 cm³/mol. The second-order valence-electron chi connectivity index (χ2n) is 9.57. The van der Waals surface area contributed by atoms with Crippen molar-refractivity contribution in [3.63, 3.8) is 0 Å². The van der Waals surface area contributed by atoms with E-state index < -0.39 is 5.60 Å². The Labute approximate surface area is 188 Å². The van der Waals surface area contributed by atoms with E-state index >= 15 is 0 Å². The lowest BCUT2D eigenvalue weighted by molar-refractivity contribution is -0.137. The van der Waals surface area contributed by atoms with Crippen molar-refractivity contribution in [3.05, 3.63) is 36.3 Å². The maximum absolute atomic E-state index is 13.6. The summed E-state index contributed by atoms with van der Waals surface area (Å²) in [5.74, 6) is -0.377. The van der Waals surface area contributed by atoms with Crippen LogP contribution in [0.25, 0.3) is 10.9 Å². The molecular weight excluding hydrogens is 411 g/mol. The zero-order valence-corrected chi connectivity index (χ0v) is 19.0. The summed E-state index contributed by atoms with van der Waals surface area (Å²) in [6.07, 6.45) is 2.94. The van der Waals surface area contributed by atoms with Crippen molar-refractivity contribution in [2.45, 2.75) is 39.2 Å². The average Bonchev–Trinajstić information content (AvgIpc) is 2.77. The molecule has 0 aliphatic carbocycles. The topological polar surface area (TPSA) is 66.0 Å². The van der Waals surface area contributed by atoms with Crippen LogP contribution in [0.2, 0.25) is 0 Å². The molecule has 4 rings (SSSR count). The minimum Gasteiger partial charge on any atom is -0.444 e. The van der Waals surface area contributed by atoms with Crippen molar-refractivity contribution in [3.8, 4) is 0 Å². The highest BCUT2D eigenvalue weighted by atomic mass is 19.1. The van der Waals surface area contributed by atoms with Crippen LogP contribution in [0.4, 0.5) is 14.9 Å². The van der Waals surface area contributed by atoms with Crippen LogP contribution in [-0.4, -0.2) is 71.7 Å². The Morgan fingerprint density at radius 2 is 1.81 bits per heavy atom. The molecule has 2 amide bonds. The first-order valence-electron chi connectivity index (χ1n) is 11.3. The Kier molecular flexibility index (Phi) is 6.22. The molecule has 3 heterocycles. The summed E-state index contributed by atoms with van der Waals surface area (Å²) in [7, 11) is 0. The number of halogens is 1. The van der Waals surface area contributed by atoms with Gasteiger partial charge in [0, 0.05) is 62.6 Å². The zero-order chi connectivity index (χ0) is 22.9. The van der Waals surface area contributed by atoms with Crippen LogP contribution in [-0.2, 0) is 9.53 Å². The van der Waals surface area contributed by atoms with E-state index in [1.807, 2.05) is 31.7 Å². The number of hydrogen-bond acceptors (Lipinski definition) is 5. The lowest BCUT2D eigenvalue weighted by Crippen LogP contribution is -2.53. The van der Waals surface area contributed by atoms with Gasteiger partial charge in [-0.1, -0.05) is 0 Å². The lowest BCUT2D eigenvalue weighted by Gasteiger charge is -2.40. The van der Waals surface area contributed by atoms with Gasteiger partial charge in [0.15, 0.2) is 0 Å². The molecule has 0 saturated carbocycles. The highest BCUT2D eigenvalue weighted by molar-refractivity contribution is 5.91. The molecule has 2 fully saturated rings. The SMILES string of the molecule is CC(C)(C)OC(=O)N1CCC[C@H](C(=O)N2CCN(c3ccnc4cc(F)ccc34)CC2)C1. The molecule has 0 radical (unpaired) electrons. The number of fused-ring (bicyclic) bond motifs is 1. The highest BCUT2D eigenvalue weighted by Crippen LogP contribution is 2.28. The fourth-order valence-electron chi connectivity index (χ4n) is 4.48. The highest BCUT2D eigenvalue weighted by Gasteiger charge is 2.34. The molecule has 1 atom stereocenters. The molecule has 0 unspecified atom stereocenters. The summed E-state index contributed by atoms with van der Waals surface area (Å²) >= 11 is 0. The maximum Gasteiger partial charge on any atom is 0.410 e. The smallest absolute Gasteiger partial charge is 0.410 e. The van der Waals surface area contributed by atoms with Crippen molar-refractivity contribution in [2.24, 2.45) is 5.92 Å². The second kappa shape index (κ2) is 8.92. The van der Waals surface area contributed by atoms with E-state index in [2.05, 4.69) is 9.88 Å². The van der Waals surface area contributed by atoms with E-state index in [1.54, 1.807) is 17.2 Å². The van der Waals surface area contributed by atoms with Gasteiger partial charge in [0.05, 0.1) is 11.4 Å². The number of ether oxygens (including phenoxy) is 1. The molecule has 0 spiro atoms. The zero-order valence-electron chi connectivity index (χ0n) is 19.0. The number of carbonyl (C=O) groups is 2. The molecule has 7 nitrogen and oxygen atoms in total. The summed E-state index contributed by atoms with van der Waals surface area (Å²) in [6.45, 7) is 9.21. The Bertz CT molecular complexity index is 998. The lowest BCUT2D eigenvalue weighted by atomic mass is 9.96. The average molecular weight is 443 g/mol. The van der Waals surface area contributed by atoms with Crippen LogP contribution in [0.5, 0.6) is 0 Å². The van der Waals surface area contributed by atoms with E-state index in [1.165, 1.54) is 12.1 Å². The molecule has 1 aromatic carbocycles. The summed E-state index contributed by atoms with van der Waals surface area (Å²) in [5.41, 5.74) is 1.09. The van der Waals surface area contributed by atoms with Gasteiger partial charge in [-0.2, -0.15) is 0 Å². The quantitative estimate of drug-likeness (QED) is 0.710. The van der Waals surface area contributed by atoms with E-state index in [0.717, 1.165) is 23.9 Å². The predicted octanol–water partition coefficient (Wildman–Crippen LogP) is 3.67. The van der Waals surface area contributed by atoms with E-state index in [4.69, 9.17) is 4.74 Å². The Morgan fingerprint density at radius 1 is 1.06 bits per heavy atom. The van der Waals surface area contributed by atoms with Crippen LogP contribution >= 0.6 is 0 Å². The van der Waals surface area contributed by atoms with Crippen molar-refractivity contribution < 1.29 is 18.7 Å². The van der Waals surface area contributed by atoms with Crippen LogP contribution in [0, 0.1) is 11.7 Å². The fourth-order valence-corrected chi connectivity index (χ4v) is 4.48. The molecule has 0 N–H and O–H groups in total. The first-order valence-corrected chi connectivity index (χ1v) is 11.3. The molecule has 2 aliphatic heterocycles. The van der Waals surface area contributed by atoms with Crippen LogP contribution in [0.3, 0.4) is 0 Å². The van der Waals surface area contributed by atoms with Gasteiger partial charge in [-0.05, 0) is 51.8 Å². The molecule has 172 valence electrons. The Morgan fingerprint density at radius 3 is 2.53 bits per heavy atom. The largest absolute Gasteiger partial charge is 0.444 e. The van der Waals surface area contributed by atoms with Gasteiger partial charge in [0.1, 0.15) is 11.4 Å². The number of rotatable bonds is 2. The van der Waals surface area contributed by atoms with Crippen molar-refractivity contribution in [1.29, 1.82) is 0 Å². The van der Waals surface area contributed by atoms with Gasteiger partial charge in [0.25, 0.3) is 0 Å². The monoisotopic (exact) mass is 442 g/mol. The minimum atomic E-state index is -0.548. The number of likely N-dealkylation sites (tertiary alicyclic amines) is 1. The van der Waals surface area contributed by atoms with Gasteiger partial charge in [-0.15, -0.1) is 0 Å². The Balaban J connectivity index is 1.37. The van der Waals surface area contributed by atoms with E-state index in [9.17, 15) is 14.0 Å². The summed E-state index contributed by atoms with van der Waals surface area (Å²) in [5, 5.41) is 0.911. The van der Waals surface area contributed by atoms with Crippen molar-refractivity contribution in [2.75, 3.05) is 44.2 Å². The fraction of sp³-hybridized carbons (Fsp3) is 0.542. The Hall–Kier alpha value is -2.90. The first-order chi connectivity index (χ1) is 15.2. The van der Waals surface area contributed by atoms with Gasteiger partial charge in [0.2, 0.25) is 5.91 Å². The maximum atomic E-state index is 13.6. The van der Waals surface area contributed by atoms with Crippen molar-refractivity contribution in [1.82, 2.24) is 14.8 Å². The number of amides is 2. The summed E-state index contributed by atoms with van der Waals surface area (Å²) in [6, 6.07) is 6.60. The number of piperidine rings is 1. The van der Waals surface area contributed by atoms with Gasteiger partial charge >= 0.3 is 6.09 Å². The van der Waals surface area contributed by atoms with Gasteiger partial charge in [-0.25, -0.2) is 9.18 Å².